The normalized spacial score (nSPS) is 11.5. The molecule has 0 saturated carbocycles. The van der Waals surface area contributed by atoms with Crippen LogP contribution in [0.1, 0.15) is 10.4 Å². The zero-order valence-corrected chi connectivity index (χ0v) is 8.74. The zero-order chi connectivity index (χ0) is 12.7. The molecule has 1 N–H and O–H groups in total. The minimum absolute atomic E-state index is 0.0220. The first-order chi connectivity index (χ1) is 7.16. The first-order valence-electron chi connectivity index (χ1n) is 3.51. The largest absolute Gasteiger partial charge is 0.478 e. The van der Waals surface area contributed by atoms with Gasteiger partial charge in [-0.1, -0.05) is 11.6 Å². The second-order valence-corrected chi connectivity index (χ2v) is 4.30. The lowest BCUT2D eigenvalue weighted by molar-refractivity contribution is 0.0691. The average molecular weight is 275 g/mol. The Bertz CT molecular complexity index is 569. The van der Waals surface area contributed by atoms with Gasteiger partial charge in [-0.15, -0.1) is 3.89 Å². The molecule has 0 atom stereocenters. The molecule has 0 heterocycles. The summed E-state index contributed by atoms with van der Waals surface area (Å²) in [5.74, 6) is -5.44. The number of carbonyl (C=O) groups is 1. The highest BCUT2D eigenvalue weighted by Crippen LogP contribution is 2.29. The van der Waals surface area contributed by atoms with Crippen molar-refractivity contribution in [2.24, 2.45) is 0 Å². The van der Waals surface area contributed by atoms with Crippen molar-refractivity contribution in [2.75, 3.05) is 0 Å². The van der Waals surface area contributed by atoms with Gasteiger partial charge in [-0.2, -0.15) is 8.42 Å². The van der Waals surface area contributed by atoms with Crippen molar-refractivity contribution in [3.63, 3.8) is 0 Å². The SMILES string of the molecule is O=C(O)c1cc(S(=O)(=O)F)c(F)c(Cl)c1F. The van der Waals surface area contributed by atoms with E-state index in [4.69, 9.17) is 16.7 Å². The standard InChI is InChI=1S/C7H2ClF3O4S/c8-4-5(9)2(7(12)13)1-3(6(4)10)16(11,14)15/h1H,(H,12,13). The first-order valence-corrected chi connectivity index (χ1v) is 5.28. The monoisotopic (exact) mass is 274 g/mol. The van der Waals surface area contributed by atoms with Gasteiger partial charge in [0.2, 0.25) is 0 Å². The lowest BCUT2D eigenvalue weighted by atomic mass is 10.2. The van der Waals surface area contributed by atoms with Crippen LogP contribution in [0.15, 0.2) is 11.0 Å². The second-order valence-electron chi connectivity index (χ2n) is 2.61. The molecule has 0 fully saturated rings. The number of halogens is 4. The van der Waals surface area contributed by atoms with E-state index in [2.05, 4.69) is 0 Å². The first kappa shape index (κ1) is 12.8. The van der Waals surface area contributed by atoms with E-state index in [1.54, 1.807) is 0 Å². The number of benzene rings is 1. The van der Waals surface area contributed by atoms with Gasteiger partial charge in [0.15, 0.2) is 11.6 Å². The molecule has 0 saturated heterocycles. The van der Waals surface area contributed by atoms with Gasteiger partial charge in [0.05, 0.1) is 5.56 Å². The van der Waals surface area contributed by atoms with Gasteiger partial charge < -0.3 is 5.11 Å². The summed E-state index contributed by atoms with van der Waals surface area (Å²) in [7, 11) is -5.52. The summed E-state index contributed by atoms with van der Waals surface area (Å²) in [6.07, 6.45) is 0. The molecule has 1 aromatic carbocycles. The van der Waals surface area contributed by atoms with Crippen LogP contribution in [0.5, 0.6) is 0 Å². The molecule has 0 bridgehead atoms. The van der Waals surface area contributed by atoms with Gasteiger partial charge in [-0.05, 0) is 6.07 Å². The second kappa shape index (κ2) is 3.95. The molecular weight excluding hydrogens is 273 g/mol. The van der Waals surface area contributed by atoms with Gasteiger partial charge in [0.25, 0.3) is 0 Å². The summed E-state index contributed by atoms with van der Waals surface area (Å²) in [5.41, 5.74) is -1.23. The summed E-state index contributed by atoms with van der Waals surface area (Å²) in [6.45, 7) is 0. The quantitative estimate of drug-likeness (QED) is 0.661. The summed E-state index contributed by atoms with van der Waals surface area (Å²) in [6, 6.07) is 0.0220. The Morgan fingerprint density at radius 2 is 1.81 bits per heavy atom. The van der Waals surface area contributed by atoms with E-state index in [-0.39, 0.29) is 6.07 Å². The molecule has 4 nitrogen and oxygen atoms in total. The van der Waals surface area contributed by atoms with E-state index in [0.29, 0.717) is 0 Å². The minimum atomic E-state index is -5.52. The van der Waals surface area contributed by atoms with Gasteiger partial charge >= 0.3 is 16.2 Å². The maximum atomic E-state index is 13.0. The van der Waals surface area contributed by atoms with Crippen LogP contribution in [0.2, 0.25) is 5.02 Å². The van der Waals surface area contributed by atoms with Crippen LogP contribution < -0.4 is 0 Å². The molecule has 1 aromatic rings. The van der Waals surface area contributed by atoms with Crippen LogP contribution in [0, 0.1) is 11.6 Å². The van der Waals surface area contributed by atoms with E-state index in [9.17, 15) is 25.9 Å². The molecule has 88 valence electrons. The summed E-state index contributed by atoms with van der Waals surface area (Å²) >= 11 is 4.99. The predicted molar refractivity (Wildman–Crippen MR) is 46.6 cm³/mol. The van der Waals surface area contributed by atoms with Gasteiger partial charge in [0.1, 0.15) is 9.92 Å². The lowest BCUT2D eigenvalue weighted by Crippen LogP contribution is -2.07. The Morgan fingerprint density at radius 1 is 1.31 bits per heavy atom. The number of rotatable bonds is 2. The fourth-order valence-corrected chi connectivity index (χ4v) is 1.75. The van der Waals surface area contributed by atoms with E-state index in [1.807, 2.05) is 0 Å². The summed E-state index contributed by atoms with van der Waals surface area (Å²) in [4.78, 5) is 8.81. The Labute approximate surface area is 92.5 Å². The number of hydrogen-bond acceptors (Lipinski definition) is 3. The van der Waals surface area contributed by atoms with Crippen molar-refractivity contribution >= 4 is 27.8 Å². The van der Waals surface area contributed by atoms with Crippen molar-refractivity contribution in [1.29, 1.82) is 0 Å². The zero-order valence-electron chi connectivity index (χ0n) is 7.17. The van der Waals surface area contributed by atoms with E-state index < -0.39 is 43.3 Å². The van der Waals surface area contributed by atoms with Gasteiger partial charge in [-0.25, -0.2) is 13.6 Å². The van der Waals surface area contributed by atoms with Crippen molar-refractivity contribution in [3.05, 3.63) is 28.3 Å². The smallest absolute Gasteiger partial charge is 0.338 e. The highest BCUT2D eigenvalue weighted by Gasteiger charge is 2.27. The van der Waals surface area contributed by atoms with Crippen molar-refractivity contribution < 1.29 is 31.0 Å². The summed E-state index contributed by atoms with van der Waals surface area (Å²) in [5, 5.41) is 7.04. The minimum Gasteiger partial charge on any atom is -0.478 e. The molecule has 0 aromatic heterocycles. The molecule has 0 aliphatic carbocycles. The number of carboxylic acids is 1. The maximum absolute atomic E-state index is 13.0. The summed E-state index contributed by atoms with van der Waals surface area (Å²) < 4.78 is 59.3. The average Bonchev–Trinajstić information content (AvgIpc) is 2.11. The van der Waals surface area contributed by atoms with Crippen molar-refractivity contribution in [2.45, 2.75) is 4.90 Å². The number of aromatic carboxylic acids is 1. The van der Waals surface area contributed by atoms with Crippen LogP contribution in [-0.4, -0.2) is 19.5 Å². The molecule has 0 radical (unpaired) electrons. The Balaban J connectivity index is 3.74. The van der Waals surface area contributed by atoms with Crippen molar-refractivity contribution in [1.82, 2.24) is 0 Å². The topological polar surface area (TPSA) is 71.4 Å². The van der Waals surface area contributed by atoms with E-state index in [0.717, 1.165) is 0 Å². The molecular formula is C7H2ClF3O4S. The highest BCUT2D eigenvalue weighted by molar-refractivity contribution is 7.86. The highest BCUT2D eigenvalue weighted by atomic mass is 35.5. The molecule has 0 aliphatic rings. The molecule has 0 unspecified atom stereocenters. The Morgan fingerprint density at radius 3 is 2.19 bits per heavy atom. The molecule has 0 spiro atoms. The third-order valence-electron chi connectivity index (χ3n) is 1.61. The van der Waals surface area contributed by atoms with E-state index in [1.165, 1.54) is 0 Å². The Hall–Kier alpha value is -1.28. The molecule has 0 aliphatic heterocycles. The van der Waals surface area contributed by atoms with Gasteiger partial charge in [-0.3, -0.25) is 0 Å². The predicted octanol–water partition coefficient (Wildman–Crippen LogP) is 1.97. The number of hydrogen-bond donors (Lipinski definition) is 1. The molecule has 9 heteroatoms. The Kier molecular flexibility index (Phi) is 3.15. The van der Waals surface area contributed by atoms with Crippen LogP contribution in [0.3, 0.4) is 0 Å². The van der Waals surface area contributed by atoms with Crippen LogP contribution >= 0.6 is 11.6 Å². The maximum Gasteiger partial charge on any atom is 0.338 e. The molecule has 1 rings (SSSR count). The van der Waals surface area contributed by atoms with E-state index >= 15 is 0 Å². The fourth-order valence-electron chi connectivity index (χ4n) is 0.914. The molecule has 0 amide bonds. The van der Waals surface area contributed by atoms with Crippen molar-refractivity contribution in [3.8, 4) is 0 Å². The van der Waals surface area contributed by atoms with Crippen LogP contribution in [0.25, 0.3) is 0 Å². The fraction of sp³-hybridized carbons (Fsp3) is 0. The third kappa shape index (κ3) is 2.12. The third-order valence-corrected chi connectivity index (χ3v) is 2.76. The molecule has 16 heavy (non-hydrogen) atoms. The lowest BCUT2D eigenvalue weighted by Gasteiger charge is -2.04. The van der Waals surface area contributed by atoms with Crippen LogP contribution in [-0.2, 0) is 10.2 Å². The van der Waals surface area contributed by atoms with Crippen LogP contribution in [0.4, 0.5) is 12.7 Å². The number of carboxylic acid groups (broad SMARTS) is 1. The van der Waals surface area contributed by atoms with Gasteiger partial charge in [0, 0.05) is 0 Å².